The van der Waals surface area contributed by atoms with Crippen LogP contribution in [-0.2, 0) is 9.47 Å². The Balaban J connectivity index is 1.52. The molecule has 0 spiro atoms. The third kappa shape index (κ3) is 4.84. The first-order chi connectivity index (χ1) is 8.88. The Labute approximate surface area is 111 Å². The van der Waals surface area contributed by atoms with E-state index in [1.165, 1.54) is 51.7 Å². The average Bonchev–Trinajstić information content (AvgIpc) is 2.91. The minimum atomic E-state index is 0.468. The zero-order valence-corrected chi connectivity index (χ0v) is 11.5. The molecule has 0 aromatic heterocycles. The van der Waals surface area contributed by atoms with E-state index in [1.54, 1.807) is 0 Å². The lowest BCUT2D eigenvalue weighted by atomic mass is 10.1. The minimum Gasteiger partial charge on any atom is -0.378 e. The van der Waals surface area contributed by atoms with Gasteiger partial charge in [-0.1, -0.05) is 0 Å². The molecule has 1 atom stereocenters. The number of likely N-dealkylation sites (tertiary alicyclic amines) is 1. The van der Waals surface area contributed by atoms with E-state index in [4.69, 9.17) is 15.2 Å². The zero-order chi connectivity index (χ0) is 12.6. The fraction of sp³-hybridized carbons (Fsp3) is 1.00. The topological polar surface area (TPSA) is 47.7 Å². The molecule has 0 bridgehead atoms. The molecule has 0 aromatic carbocycles. The molecule has 0 aliphatic carbocycles. The molecule has 4 heteroatoms. The van der Waals surface area contributed by atoms with Crippen LogP contribution in [-0.4, -0.2) is 56.5 Å². The van der Waals surface area contributed by atoms with Gasteiger partial charge in [-0.25, -0.2) is 0 Å². The van der Waals surface area contributed by atoms with E-state index in [-0.39, 0.29) is 0 Å². The highest BCUT2D eigenvalue weighted by molar-refractivity contribution is 4.74. The predicted octanol–water partition coefficient (Wildman–Crippen LogP) is 1.39. The van der Waals surface area contributed by atoms with Crippen LogP contribution in [0.4, 0.5) is 0 Å². The van der Waals surface area contributed by atoms with Crippen molar-refractivity contribution < 1.29 is 9.47 Å². The Hall–Kier alpha value is -0.160. The molecule has 2 heterocycles. The molecule has 2 fully saturated rings. The van der Waals surface area contributed by atoms with E-state index in [9.17, 15) is 0 Å². The maximum absolute atomic E-state index is 5.82. The molecule has 0 saturated carbocycles. The second kappa shape index (κ2) is 8.10. The van der Waals surface area contributed by atoms with Gasteiger partial charge in [-0.05, 0) is 45.1 Å². The van der Waals surface area contributed by atoms with E-state index in [0.29, 0.717) is 12.2 Å². The number of piperidine rings is 1. The van der Waals surface area contributed by atoms with Crippen molar-refractivity contribution in [3.05, 3.63) is 0 Å². The van der Waals surface area contributed by atoms with Gasteiger partial charge in [-0.3, -0.25) is 0 Å². The standard InChI is InChI=1S/C14H28N2O2/c15-7-2-12-18-14-5-9-16(10-6-14)8-4-13-3-1-11-17-13/h13-14H,1-12,15H2. The largest absolute Gasteiger partial charge is 0.378 e. The number of rotatable bonds is 7. The summed E-state index contributed by atoms with van der Waals surface area (Å²) in [6, 6.07) is 0. The maximum Gasteiger partial charge on any atom is 0.0599 e. The van der Waals surface area contributed by atoms with Crippen molar-refractivity contribution in [1.29, 1.82) is 0 Å². The molecule has 2 N–H and O–H groups in total. The summed E-state index contributed by atoms with van der Waals surface area (Å²) in [7, 11) is 0. The van der Waals surface area contributed by atoms with Gasteiger partial charge < -0.3 is 20.1 Å². The van der Waals surface area contributed by atoms with Crippen LogP contribution >= 0.6 is 0 Å². The summed E-state index contributed by atoms with van der Waals surface area (Å²) >= 11 is 0. The lowest BCUT2D eigenvalue weighted by Crippen LogP contribution is -2.38. The monoisotopic (exact) mass is 256 g/mol. The Morgan fingerprint density at radius 2 is 2.06 bits per heavy atom. The molecule has 106 valence electrons. The smallest absolute Gasteiger partial charge is 0.0599 e. The van der Waals surface area contributed by atoms with Gasteiger partial charge in [-0.2, -0.15) is 0 Å². The molecule has 2 aliphatic rings. The minimum absolute atomic E-state index is 0.468. The summed E-state index contributed by atoms with van der Waals surface area (Å²) in [5, 5.41) is 0. The molecule has 2 saturated heterocycles. The van der Waals surface area contributed by atoms with Gasteiger partial charge in [0.25, 0.3) is 0 Å². The van der Waals surface area contributed by atoms with Crippen LogP contribution in [0.15, 0.2) is 0 Å². The molecule has 4 nitrogen and oxygen atoms in total. The number of hydrogen-bond donors (Lipinski definition) is 1. The van der Waals surface area contributed by atoms with E-state index >= 15 is 0 Å². The van der Waals surface area contributed by atoms with Crippen molar-refractivity contribution >= 4 is 0 Å². The molecule has 0 amide bonds. The molecule has 0 aromatic rings. The van der Waals surface area contributed by atoms with Crippen molar-refractivity contribution in [2.24, 2.45) is 5.73 Å². The SMILES string of the molecule is NCCCOC1CCN(CCC2CCCO2)CC1. The van der Waals surface area contributed by atoms with Crippen molar-refractivity contribution in [3.63, 3.8) is 0 Å². The predicted molar refractivity (Wildman–Crippen MR) is 72.7 cm³/mol. The van der Waals surface area contributed by atoms with Gasteiger partial charge in [0.15, 0.2) is 0 Å². The molecule has 0 radical (unpaired) electrons. The summed E-state index contributed by atoms with van der Waals surface area (Å²) in [5.74, 6) is 0. The number of ether oxygens (including phenoxy) is 2. The van der Waals surface area contributed by atoms with Crippen LogP contribution in [0.2, 0.25) is 0 Å². The first kappa shape index (κ1) is 14.3. The molecule has 18 heavy (non-hydrogen) atoms. The Kier molecular flexibility index (Phi) is 6.41. The van der Waals surface area contributed by atoms with Crippen LogP contribution in [0.25, 0.3) is 0 Å². The maximum atomic E-state index is 5.82. The molecular weight excluding hydrogens is 228 g/mol. The van der Waals surface area contributed by atoms with E-state index in [1.807, 2.05) is 0 Å². The third-order valence-corrected chi connectivity index (χ3v) is 4.03. The third-order valence-electron chi connectivity index (χ3n) is 4.03. The fourth-order valence-corrected chi connectivity index (χ4v) is 2.83. The van der Waals surface area contributed by atoms with Crippen molar-refractivity contribution in [1.82, 2.24) is 4.90 Å². The average molecular weight is 256 g/mol. The molecule has 2 rings (SSSR count). The van der Waals surface area contributed by atoms with Crippen molar-refractivity contribution in [3.8, 4) is 0 Å². The Bertz CT molecular complexity index is 212. The van der Waals surface area contributed by atoms with Gasteiger partial charge in [0.1, 0.15) is 0 Å². The van der Waals surface area contributed by atoms with Gasteiger partial charge in [0, 0.05) is 32.8 Å². The van der Waals surface area contributed by atoms with Crippen LogP contribution in [0.3, 0.4) is 0 Å². The summed E-state index contributed by atoms with van der Waals surface area (Å²) in [6.45, 7) is 6.10. The summed E-state index contributed by atoms with van der Waals surface area (Å²) in [5.41, 5.74) is 5.47. The van der Waals surface area contributed by atoms with Crippen LogP contribution in [0, 0.1) is 0 Å². The normalized spacial score (nSPS) is 26.8. The van der Waals surface area contributed by atoms with Crippen LogP contribution < -0.4 is 5.73 Å². The fourth-order valence-electron chi connectivity index (χ4n) is 2.83. The number of nitrogens with zero attached hydrogens (tertiary/aromatic N) is 1. The highest BCUT2D eigenvalue weighted by atomic mass is 16.5. The molecule has 2 aliphatic heterocycles. The number of hydrogen-bond acceptors (Lipinski definition) is 4. The van der Waals surface area contributed by atoms with Crippen molar-refractivity contribution in [2.45, 2.75) is 50.7 Å². The van der Waals surface area contributed by atoms with E-state index < -0.39 is 0 Å². The second-order valence-corrected chi connectivity index (χ2v) is 5.48. The van der Waals surface area contributed by atoms with Gasteiger partial charge in [0.2, 0.25) is 0 Å². The molecular formula is C14H28N2O2. The Morgan fingerprint density at radius 1 is 1.22 bits per heavy atom. The summed E-state index contributed by atoms with van der Waals surface area (Å²) < 4.78 is 11.5. The van der Waals surface area contributed by atoms with Crippen molar-refractivity contribution in [2.75, 3.05) is 39.4 Å². The Morgan fingerprint density at radius 3 is 2.72 bits per heavy atom. The summed E-state index contributed by atoms with van der Waals surface area (Å²) in [4.78, 5) is 2.56. The van der Waals surface area contributed by atoms with E-state index in [0.717, 1.165) is 26.2 Å². The number of nitrogens with two attached hydrogens (primary N) is 1. The first-order valence-corrected chi connectivity index (χ1v) is 7.54. The van der Waals surface area contributed by atoms with Crippen LogP contribution in [0.5, 0.6) is 0 Å². The van der Waals surface area contributed by atoms with Gasteiger partial charge in [-0.15, -0.1) is 0 Å². The lowest BCUT2D eigenvalue weighted by Gasteiger charge is -2.32. The zero-order valence-electron chi connectivity index (χ0n) is 11.5. The second-order valence-electron chi connectivity index (χ2n) is 5.48. The first-order valence-electron chi connectivity index (χ1n) is 7.54. The highest BCUT2D eigenvalue weighted by Crippen LogP contribution is 2.18. The van der Waals surface area contributed by atoms with Crippen LogP contribution in [0.1, 0.15) is 38.5 Å². The highest BCUT2D eigenvalue weighted by Gasteiger charge is 2.21. The molecule has 1 unspecified atom stereocenters. The quantitative estimate of drug-likeness (QED) is 0.699. The van der Waals surface area contributed by atoms with E-state index in [2.05, 4.69) is 4.90 Å². The van der Waals surface area contributed by atoms with Gasteiger partial charge in [0.05, 0.1) is 12.2 Å². The lowest BCUT2D eigenvalue weighted by molar-refractivity contribution is 0.00372. The van der Waals surface area contributed by atoms with Gasteiger partial charge >= 0.3 is 0 Å². The summed E-state index contributed by atoms with van der Waals surface area (Å²) in [6.07, 6.45) is 8.06.